The summed E-state index contributed by atoms with van der Waals surface area (Å²) in [4.78, 5) is 0. The van der Waals surface area contributed by atoms with Gasteiger partial charge in [0.1, 0.15) is 0 Å². The van der Waals surface area contributed by atoms with Crippen molar-refractivity contribution < 1.29 is 0 Å². The van der Waals surface area contributed by atoms with Gasteiger partial charge >= 0.3 is 0 Å². The van der Waals surface area contributed by atoms with E-state index >= 15 is 0 Å². The number of benzene rings is 3. The molecule has 2 heteroatoms. The molecule has 3 aromatic rings. The number of azo groups is 1. The normalized spacial score (nSPS) is 11.8. The minimum absolute atomic E-state index is 0.956. The van der Waals surface area contributed by atoms with Crippen LogP contribution in [0.2, 0.25) is 0 Å². The van der Waals surface area contributed by atoms with Crippen LogP contribution in [0.25, 0.3) is 17.2 Å². The van der Waals surface area contributed by atoms with E-state index in [9.17, 15) is 0 Å². The second kappa shape index (κ2) is 21.7. The molecule has 3 aromatic carbocycles. The van der Waals surface area contributed by atoms with Crippen LogP contribution < -0.4 is 0 Å². The van der Waals surface area contributed by atoms with Crippen LogP contribution in [0.4, 0.5) is 5.69 Å². The van der Waals surface area contributed by atoms with E-state index in [0.29, 0.717) is 0 Å². The number of rotatable bonds is 22. The van der Waals surface area contributed by atoms with Crippen LogP contribution in [0.3, 0.4) is 0 Å². The number of unbranched alkanes of at least 4 members (excludes halogenated alkanes) is 11. The zero-order valence-electron chi connectivity index (χ0n) is 29.5. The van der Waals surface area contributed by atoms with E-state index in [1.54, 1.807) is 0 Å². The molecule has 0 heterocycles. The van der Waals surface area contributed by atoms with Crippen molar-refractivity contribution in [3.8, 4) is 11.1 Å². The molecule has 0 atom stereocenters. The summed E-state index contributed by atoms with van der Waals surface area (Å²) in [6, 6.07) is 20.2. The molecule has 0 radical (unpaired) electrons. The SMILES string of the molecule is CCCCCCCCc1cc(C=CN=Nc2cc(CCCC)c(CCCCCCCC)c(-c3ccccc3)c2)cc(C)c1CC. The van der Waals surface area contributed by atoms with E-state index in [0.717, 1.165) is 24.9 Å². The van der Waals surface area contributed by atoms with Gasteiger partial charge in [-0.25, -0.2) is 0 Å². The summed E-state index contributed by atoms with van der Waals surface area (Å²) in [5.74, 6) is 0. The van der Waals surface area contributed by atoms with Gasteiger partial charge in [0.25, 0.3) is 0 Å². The molecule has 0 aromatic heterocycles. The van der Waals surface area contributed by atoms with Gasteiger partial charge in [-0.1, -0.05) is 141 Å². The van der Waals surface area contributed by atoms with E-state index in [1.165, 1.54) is 141 Å². The van der Waals surface area contributed by atoms with E-state index in [2.05, 4.69) is 100 Å². The molecular weight excluding hydrogens is 544 g/mol. The summed E-state index contributed by atoms with van der Waals surface area (Å²) in [6.07, 6.45) is 26.9. The topological polar surface area (TPSA) is 24.7 Å². The lowest BCUT2D eigenvalue weighted by Gasteiger charge is -2.17. The number of hydrogen-bond acceptors (Lipinski definition) is 2. The smallest absolute Gasteiger partial charge is 0.0865 e. The molecule has 0 saturated carbocycles. The van der Waals surface area contributed by atoms with Crippen LogP contribution in [0.15, 0.2) is 71.0 Å². The Kier molecular flexibility index (Phi) is 17.6. The Morgan fingerprint density at radius 1 is 0.578 bits per heavy atom. The Morgan fingerprint density at radius 3 is 1.84 bits per heavy atom. The molecule has 0 spiro atoms. The zero-order chi connectivity index (χ0) is 32.1. The molecule has 0 bridgehead atoms. The van der Waals surface area contributed by atoms with E-state index in [1.807, 2.05) is 6.20 Å². The summed E-state index contributed by atoms with van der Waals surface area (Å²) in [6.45, 7) is 11.4. The molecule has 45 heavy (non-hydrogen) atoms. The molecule has 0 aliphatic heterocycles. The first-order valence-electron chi connectivity index (χ1n) is 18.5. The summed E-state index contributed by atoms with van der Waals surface area (Å²) < 4.78 is 0. The highest BCUT2D eigenvalue weighted by molar-refractivity contribution is 5.72. The zero-order valence-corrected chi connectivity index (χ0v) is 29.5. The molecule has 3 rings (SSSR count). The third kappa shape index (κ3) is 12.7. The first-order chi connectivity index (χ1) is 22.1. The average Bonchev–Trinajstić information content (AvgIpc) is 3.06. The monoisotopic (exact) mass is 606 g/mol. The van der Waals surface area contributed by atoms with Crippen molar-refractivity contribution in [1.29, 1.82) is 0 Å². The standard InChI is InChI=1S/C43H62N2/c1-6-10-13-15-17-20-27-38-32-36(31-35(5)41(38)9-4)29-30-44-45-40-33-39(24-12-8-3)42(28-23-18-16-14-11-7-2)43(34-40)37-25-21-19-22-26-37/h19,21-22,25-26,29-34H,6-18,20,23-24,27-28H2,1-5H3. The van der Waals surface area contributed by atoms with Crippen LogP contribution in [-0.2, 0) is 25.7 Å². The minimum atomic E-state index is 0.956. The van der Waals surface area contributed by atoms with Crippen LogP contribution in [0.5, 0.6) is 0 Å². The van der Waals surface area contributed by atoms with Crippen LogP contribution in [-0.4, -0.2) is 0 Å². The minimum Gasteiger partial charge on any atom is -0.159 e. The van der Waals surface area contributed by atoms with Crippen LogP contribution in [0, 0.1) is 6.92 Å². The lowest BCUT2D eigenvalue weighted by atomic mass is 9.89. The Morgan fingerprint density at radius 2 is 1.18 bits per heavy atom. The van der Waals surface area contributed by atoms with Crippen molar-refractivity contribution in [2.45, 2.75) is 150 Å². The van der Waals surface area contributed by atoms with Crippen molar-refractivity contribution >= 4 is 11.8 Å². The van der Waals surface area contributed by atoms with Gasteiger partial charge in [0, 0.05) is 0 Å². The van der Waals surface area contributed by atoms with Crippen molar-refractivity contribution in [3.05, 3.63) is 94.2 Å². The summed E-state index contributed by atoms with van der Waals surface area (Å²) in [7, 11) is 0. The van der Waals surface area contributed by atoms with Crippen molar-refractivity contribution in [2.75, 3.05) is 0 Å². The van der Waals surface area contributed by atoms with Gasteiger partial charge in [-0.15, -0.1) is 0 Å². The maximum absolute atomic E-state index is 4.75. The first kappa shape index (κ1) is 36.5. The van der Waals surface area contributed by atoms with Crippen molar-refractivity contribution in [3.63, 3.8) is 0 Å². The Labute approximate surface area is 276 Å². The summed E-state index contributed by atoms with van der Waals surface area (Å²) >= 11 is 0. The summed E-state index contributed by atoms with van der Waals surface area (Å²) in [5.41, 5.74) is 12.2. The molecule has 0 unspecified atom stereocenters. The molecule has 244 valence electrons. The highest BCUT2D eigenvalue weighted by Crippen LogP contribution is 2.34. The molecule has 0 aliphatic carbocycles. The summed E-state index contributed by atoms with van der Waals surface area (Å²) in [5, 5.41) is 9.33. The van der Waals surface area contributed by atoms with Crippen LogP contribution in [0.1, 0.15) is 151 Å². The highest BCUT2D eigenvalue weighted by atomic mass is 15.1. The maximum atomic E-state index is 4.75. The molecule has 0 aliphatic rings. The van der Waals surface area contributed by atoms with Gasteiger partial charge in [0.05, 0.1) is 11.9 Å². The lowest BCUT2D eigenvalue weighted by molar-refractivity contribution is 0.606. The van der Waals surface area contributed by atoms with Gasteiger partial charge in [0.15, 0.2) is 0 Å². The fourth-order valence-corrected chi connectivity index (χ4v) is 6.68. The quantitative estimate of drug-likeness (QED) is 0.0803. The fraction of sp³-hybridized carbons (Fsp3) is 0.535. The Balaban J connectivity index is 1.81. The van der Waals surface area contributed by atoms with E-state index in [-0.39, 0.29) is 0 Å². The Bertz CT molecular complexity index is 1300. The average molecular weight is 607 g/mol. The molecule has 0 saturated heterocycles. The third-order valence-corrected chi connectivity index (χ3v) is 9.24. The van der Waals surface area contributed by atoms with Gasteiger partial charge < -0.3 is 0 Å². The predicted molar refractivity (Wildman–Crippen MR) is 199 cm³/mol. The fourth-order valence-electron chi connectivity index (χ4n) is 6.68. The second-order valence-electron chi connectivity index (χ2n) is 13.0. The maximum Gasteiger partial charge on any atom is 0.0865 e. The van der Waals surface area contributed by atoms with Gasteiger partial charge in [-0.05, 0) is 115 Å². The predicted octanol–water partition coefficient (Wildman–Crippen LogP) is 14.1. The van der Waals surface area contributed by atoms with Crippen LogP contribution >= 0.6 is 0 Å². The molecule has 0 N–H and O–H groups in total. The van der Waals surface area contributed by atoms with Gasteiger partial charge in [-0.2, -0.15) is 10.2 Å². The second-order valence-corrected chi connectivity index (χ2v) is 13.0. The largest absolute Gasteiger partial charge is 0.159 e. The lowest BCUT2D eigenvalue weighted by Crippen LogP contribution is -1.99. The number of hydrogen-bond donors (Lipinski definition) is 0. The molecule has 0 fully saturated rings. The molecule has 2 nitrogen and oxygen atoms in total. The molecule has 0 amide bonds. The van der Waals surface area contributed by atoms with Gasteiger partial charge in [-0.3, -0.25) is 0 Å². The van der Waals surface area contributed by atoms with E-state index < -0.39 is 0 Å². The Hall–Kier alpha value is -3.00. The van der Waals surface area contributed by atoms with E-state index in [4.69, 9.17) is 5.11 Å². The van der Waals surface area contributed by atoms with Crippen molar-refractivity contribution in [1.82, 2.24) is 0 Å². The van der Waals surface area contributed by atoms with Gasteiger partial charge in [0.2, 0.25) is 0 Å². The number of aryl methyl sites for hydroxylation is 3. The third-order valence-electron chi connectivity index (χ3n) is 9.24. The van der Waals surface area contributed by atoms with Crippen molar-refractivity contribution in [2.24, 2.45) is 10.2 Å². The number of nitrogens with zero attached hydrogens (tertiary/aromatic N) is 2. The highest BCUT2D eigenvalue weighted by Gasteiger charge is 2.13. The first-order valence-corrected chi connectivity index (χ1v) is 18.5. The molecular formula is C43H62N2.